The van der Waals surface area contributed by atoms with E-state index in [9.17, 15) is 8.42 Å². The minimum absolute atomic E-state index is 0.00220. The van der Waals surface area contributed by atoms with Gasteiger partial charge in [0.25, 0.3) is 0 Å². The Morgan fingerprint density at radius 1 is 1.04 bits per heavy atom. The molecule has 4 rings (SSSR count). The molecule has 24 heavy (non-hydrogen) atoms. The van der Waals surface area contributed by atoms with Gasteiger partial charge in [0.15, 0.2) is 9.84 Å². The van der Waals surface area contributed by atoms with Gasteiger partial charge in [-0.1, -0.05) is 36.4 Å². The van der Waals surface area contributed by atoms with Crippen molar-refractivity contribution in [3.05, 3.63) is 59.9 Å². The van der Waals surface area contributed by atoms with E-state index in [1.165, 1.54) is 6.26 Å². The molecule has 2 atom stereocenters. The second-order valence-electron chi connectivity index (χ2n) is 6.90. The van der Waals surface area contributed by atoms with Crippen molar-refractivity contribution in [3.8, 4) is 0 Å². The van der Waals surface area contributed by atoms with Gasteiger partial charge in [0, 0.05) is 12.2 Å². The average Bonchev–Trinajstić information content (AvgIpc) is 3.45. The lowest BCUT2D eigenvalue weighted by atomic mass is 9.92. The van der Waals surface area contributed by atoms with Crippen LogP contribution < -0.4 is 0 Å². The van der Waals surface area contributed by atoms with Crippen molar-refractivity contribution in [1.29, 1.82) is 0 Å². The van der Waals surface area contributed by atoms with E-state index in [0.29, 0.717) is 5.76 Å². The molecule has 0 bridgehead atoms. The Balaban J connectivity index is 1.74. The number of rotatable bonds is 6. The zero-order chi connectivity index (χ0) is 16.8. The van der Waals surface area contributed by atoms with E-state index in [2.05, 4.69) is 0 Å². The quantitative estimate of drug-likeness (QED) is 0.742. The van der Waals surface area contributed by atoms with Crippen LogP contribution in [0.1, 0.15) is 37.2 Å². The number of sulfone groups is 1. The SMILES string of the molecule is CS(=O)(=O)C1(OC2CC2)C=CC(c2ccccc2)C=C1OC1CC1. The molecule has 0 aliphatic heterocycles. The van der Waals surface area contributed by atoms with E-state index in [4.69, 9.17) is 9.47 Å². The van der Waals surface area contributed by atoms with Crippen LogP contribution in [0.2, 0.25) is 0 Å². The van der Waals surface area contributed by atoms with Gasteiger partial charge in [-0.05, 0) is 43.4 Å². The molecule has 1 aromatic carbocycles. The number of hydrogen-bond acceptors (Lipinski definition) is 4. The van der Waals surface area contributed by atoms with E-state index in [1.807, 2.05) is 42.5 Å². The Bertz CT molecular complexity index is 773. The normalized spacial score (nSPS) is 30.0. The van der Waals surface area contributed by atoms with E-state index >= 15 is 0 Å². The fourth-order valence-electron chi connectivity index (χ4n) is 2.94. The summed E-state index contributed by atoms with van der Waals surface area (Å²) in [7, 11) is -3.52. The zero-order valence-corrected chi connectivity index (χ0v) is 14.5. The molecule has 0 aromatic heterocycles. The Hall–Kier alpha value is -1.59. The molecule has 2 fully saturated rings. The van der Waals surface area contributed by atoms with Crippen molar-refractivity contribution in [3.63, 3.8) is 0 Å². The number of hydrogen-bond donors (Lipinski definition) is 0. The van der Waals surface area contributed by atoms with Crippen molar-refractivity contribution in [1.82, 2.24) is 0 Å². The minimum Gasteiger partial charge on any atom is -0.490 e. The lowest BCUT2D eigenvalue weighted by Gasteiger charge is -2.35. The maximum Gasteiger partial charge on any atom is 0.244 e. The van der Waals surface area contributed by atoms with Crippen LogP contribution in [-0.2, 0) is 19.3 Å². The van der Waals surface area contributed by atoms with Gasteiger partial charge >= 0.3 is 0 Å². The Morgan fingerprint density at radius 3 is 2.29 bits per heavy atom. The molecule has 1 aromatic rings. The van der Waals surface area contributed by atoms with Gasteiger partial charge in [-0.2, -0.15) is 0 Å². The zero-order valence-electron chi connectivity index (χ0n) is 13.7. The number of allylic oxidation sites excluding steroid dienone is 2. The van der Waals surface area contributed by atoms with E-state index in [1.54, 1.807) is 6.08 Å². The summed E-state index contributed by atoms with van der Waals surface area (Å²) in [6.07, 6.45) is 10.6. The van der Waals surface area contributed by atoms with Gasteiger partial charge in [-0.3, -0.25) is 0 Å². The van der Waals surface area contributed by atoms with Gasteiger partial charge in [0.2, 0.25) is 4.93 Å². The van der Waals surface area contributed by atoms with E-state index < -0.39 is 14.8 Å². The maximum absolute atomic E-state index is 12.6. The Labute approximate surface area is 143 Å². The Kier molecular flexibility index (Phi) is 3.81. The van der Waals surface area contributed by atoms with Crippen LogP contribution in [0.15, 0.2) is 54.3 Å². The molecular formula is C19H22O4S. The monoisotopic (exact) mass is 346 g/mol. The highest BCUT2D eigenvalue weighted by Crippen LogP contribution is 2.44. The highest BCUT2D eigenvalue weighted by atomic mass is 32.2. The van der Waals surface area contributed by atoms with Crippen LogP contribution in [0, 0.1) is 0 Å². The summed E-state index contributed by atoms with van der Waals surface area (Å²) >= 11 is 0. The molecule has 0 radical (unpaired) electrons. The maximum atomic E-state index is 12.6. The lowest BCUT2D eigenvalue weighted by molar-refractivity contribution is 0.0118. The second kappa shape index (κ2) is 5.74. The largest absolute Gasteiger partial charge is 0.490 e. The molecule has 2 unspecified atom stereocenters. The molecule has 128 valence electrons. The number of ether oxygens (including phenoxy) is 2. The van der Waals surface area contributed by atoms with Crippen molar-refractivity contribution in [2.45, 2.75) is 48.7 Å². The van der Waals surface area contributed by atoms with E-state index in [-0.39, 0.29) is 18.1 Å². The molecule has 0 amide bonds. The average molecular weight is 346 g/mol. The summed E-state index contributed by atoms with van der Waals surface area (Å²) in [5.74, 6) is 0.438. The summed E-state index contributed by atoms with van der Waals surface area (Å²) in [5, 5.41) is 0. The highest BCUT2D eigenvalue weighted by molar-refractivity contribution is 7.92. The third-order valence-corrected chi connectivity index (χ3v) is 6.15. The van der Waals surface area contributed by atoms with Crippen LogP contribution in [-0.4, -0.2) is 31.8 Å². The van der Waals surface area contributed by atoms with Crippen LogP contribution in [0.3, 0.4) is 0 Å². The first-order chi connectivity index (χ1) is 11.5. The van der Waals surface area contributed by atoms with Crippen molar-refractivity contribution < 1.29 is 17.9 Å². The summed E-state index contributed by atoms with van der Waals surface area (Å²) in [6, 6.07) is 10.0. The fraction of sp³-hybridized carbons (Fsp3) is 0.474. The summed E-state index contributed by atoms with van der Waals surface area (Å²) in [5.41, 5.74) is 1.11. The predicted molar refractivity (Wildman–Crippen MR) is 92.2 cm³/mol. The topological polar surface area (TPSA) is 52.6 Å². The molecule has 0 spiro atoms. The van der Waals surface area contributed by atoms with Crippen LogP contribution in [0.5, 0.6) is 0 Å². The highest BCUT2D eigenvalue weighted by Gasteiger charge is 2.51. The predicted octanol–water partition coefficient (Wildman–Crippen LogP) is 3.32. The van der Waals surface area contributed by atoms with Crippen molar-refractivity contribution in [2.24, 2.45) is 0 Å². The third kappa shape index (κ3) is 3.03. The summed E-state index contributed by atoms with van der Waals surface area (Å²) < 4.78 is 37.3. The first-order valence-electron chi connectivity index (χ1n) is 8.49. The van der Waals surface area contributed by atoms with Crippen LogP contribution >= 0.6 is 0 Å². The second-order valence-corrected chi connectivity index (χ2v) is 9.05. The van der Waals surface area contributed by atoms with Crippen molar-refractivity contribution >= 4 is 9.84 Å². The van der Waals surface area contributed by atoms with Gasteiger partial charge in [-0.25, -0.2) is 8.42 Å². The van der Waals surface area contributed by atoms with E-state index in [0.717, 1.165) is 31.2 Å². The van der Waals surface area contributed by atoms with Gasteiger partial charge in [-0.15, -0.1) is 0 Å². The van der Waals surface area contributed by atoms with Crippen LogP contribution in [0.25, 0.3) is 0 Å². The van der Waals surface area contributed by atoms with Gasteiger partial charge < -0.3 is 9.47 Å². The summed E-state index contributed by atoms with van der Waals surface area (Å²) in [6.45, 7) is 0. The molecule has 5 heteroatoms. The lowest BCUT2D eigenvalue weighted by Crippen LogP contribution is -2.44. The molecule has 4 nitrogen and oxygen atoms in total. The molecule has 3 aliphatic carbocycles. The summed E-state index contributed by atoms with van der Waals surface area (Å²) in [4.78, 5) is -1.47. The fourth-order valence-corrected chi connectivity index (χ4v) is 4.06. The standard InChI is InChI=1S/C19H22O4S/c1-24(20,21)19(23-17-9-10-17)12-11-15(14-5-3-2-4-6-14)13-18(19)22-16-7-8-16/h2-6,11-13,15-17H,7-10H2,1H3. The molecule has 2 saturated carbocycles. The smallest absolute Gasteiger partial charge is 0.244 e. The molecule has 0 heterocycles. The first-order valence-corrected chi connectivity index (χ1v) is 10.4. The molecule has 0 saturated heterocycles. The minimum atomic E-state index is -3.52. The Morgan fingerprint density at radius 2 is 1.71 bits per heavy atom. The molecule has 3 aliphatic rings. The number of benzene rings is 1. The van der Waals surface area contributed by atoms with Crippen LogP contribution in [0.4, 0.5) is 0 Å². The third-order valence-electron chi connectivity index (χ3n) is 4.62. The first kappa shape index (κ1) is 15.9. The molecule has 0 N–H and O–H groups in total. The van der Waals surface area contributed by atoms with Gasteiger partial charge in [0.05, 0.1) is 12.2 Å². The van der Waals surface area contributed by atoms with Gasteiger partial charge in [0.1, 0.15) is 5.76 Å². The van der Waals surface area contributed by atoms with Crippen molar-refractivity contribution in [2.75, 3.05) is 6.26 Å². The molecular weight excluding hydrogens is 324 g/mol.